The van der Waals surface area contributed by atoms with Gasteiger partial charge in [-0.1, -0.05) is 0 Å². The molecule has 2 N–H and O–H groups in total. The van der Waals surface area contributed by atoms with Gasteiger partial charge < -0.3 is 15.2 Å². The standard InChI is InChI=1S/C8H15NO2/c9-6-1-2-7-8(5-6)11-4-3-10-7/h6-8H,1-5,9H2. The Balaban J connectivity index is 1.93. The maximum atomic E-state index is 5.81. The molecular formula is C8H15NO2. The Morgan fingerprint density at radius 1 is 1.00 bits per heavy atom. The fraction of sp³-hybridized carbons (Fsp3) is 1.00. The fourth-order valence-electron chi connectivity index (χ4n) is 1.90. The lowest BCUT2D eigenvalue weighted by Crippen LogP contribution is -2.46. The number of nitrogens with two attached hydrogens (primary N) is 1. The van der Waals surface area contributed by atoms with Crippen LogP contribution in [0.4, 0.5) is 0 Å². The molecule has 2 rings (SSSR count). The number of ether oxygens (including phenoxy) is 2. The highest BCUT2D eigenvalue weighted by Crippen LogP contribution is 2.25. The molecule has 2 fully saturated rings. The van der Waals surface area contributed by atoms with E-state index >= 15 is 0 Å². The van der Waals surface area contributed by atoms with E-state index in [1.807, 2.05) is 0 Å². The van der Waals surface area contributed by atoms with Gasteiger partial charge in [-0.2, -0.15) is 0 Å². The first-order chi connectivity index (χ1) is 5.36. The predicted octanol–water partition coefficient (Wildman–Crippen LogP) is 0.282. The Morgan fingerprint density at radius 3 is 2.55 bits per heavy atom. The largest absolute Gasteiger partial charge is 0.373 e. The summed E-state index contributed by atoms with van der Waals surface area (Å²) in [4.78, 5) is 0. The van der Waals surface area contributed by atoms with Crippen molar-refractivity contribution in [2.45, 2.75) is 37.5 Å². The molecule has 64 valence electrons. The van der Waals surface area contributed by atoms with Gasteiger partial charge >= 0.3 is 0 Å². The van der Waals surface area contributed by atoms with Crippen molar-refractivity contribution in [1.29, 1.82) is 0 Å². The van der Waals surface area contributed by atoms with Crippen molar-refractivity contribution in [3.8, 4) is 0 Å². The van der Waals surface area contributed by atoms with Gasteiger partial charge in [-0.05, 0) is 19.3 Å². The molecule has 3 unspecified atom stereocenters. The number of rotatable bonds is 0. The van der Waals surface area contributed by atoms with Crippen molar-refractivity contribution in [3.63, 3.8) is 0 Å². The lowest BCUT2D eigenvalue weighted by atomic mass is 9.90. The lowest BCUT2D eigenvalue weighted by molar-refractivity contribution is -0.156. The van der Waals surface area contributed by atoms with Gasteiger partial charge in [0.25, 0.3) is 0 Å². The van der Waals surface area contributed by atoms with Crippen LogP contribution in [0.1, 0.15) is 19.3 Å². The van der Waals surface area contributed by atoms with Crippen molar-refractivity contribution in [2.24, 2.45) is 5.73 Å². The topological polar surface area (TPSA) is 44.5 Å². The van der Waals surface area contributed by atoms with E-state index in [0.29, 0.717) is 12.1 Å². The highest BCUT2D eigenvalue weighted by atomic mass is 16.6. The SMILES string of the molecule is NC1CCC2OCCOC2C1. The van der Waals surface area contributed by atoms with Crippen LogP contribution < -0.4 is 5.73 Å². The molecule has 0 aromatic carbocycles. The quantitative estimate of drug-likeness (QED) is 0.549. The summed E-state index contributed by atoms with van der Waals surface area (Å²) in [7, 11) is 0. The second-order valence-electron chi connectivity index (χ2n) is 3.39. The molecular weight excluding hydrogens is 142 g/mol. The van der Waals surface area contributed by atoms with Gasteiger partial charge in [0.2, 0.25) is 0 Å². The highest BCUT2D eigenvalue weighted by Gasteiger charge is 2.32. The zero-order valence-corrected chi connectivity index (χ0v) is 6.66. The van der Waals surface area contributed by atoms with Crippen LogP contribution in [0.25, 0.3) is 0 Å². The zero-order chi connectivity index (χ0) is 7.68. The van der Waals surface area contributed by atoms with E-state index in [9.17, 15) is 0 Å². The van der Waals surface area contributed by atoms with Crippen LogP contribution in [-0.4, -0.2) is 31.5 Å². The van der Waals surface area contributed by atoms with Gasteiger partial charge in [0.1, 0.15) is 0 Å². The van der Waals surface area contributed by atoms with Crippen LogP contribution in [0, 0.1) is 0 Å². The van der Waals surface area contributed by atoms with Crippen LogP contribution in [-0.2, 0) is 9.47 Å². The first kappa shape index (κ1) is 7.53. The van der Waals surface area contributed by atoms with Gasteiger partial charge in [-0.15, -0.1) is 0 Å². The summed E-state index contributed by atoms with van der Waals surface area (Å²) in [5.74, 6) is 0. The van der Waals surface area contributed by atoms with Crippen LogP contribution >= 0.6 is 0 Å². The molecule has 2 aliphatic rings. The minimum atomic E-state index is 0.285. The molecule has 1 saturated carbocycles. The Morgan fingerprint density at radius 2 is 1.73 bits per heavy atom. The van der Waals surface area contributed by atoms with Gasteiger partial charge in [-0.3, -0.25) is 0 Å². The Kier molecular flexibility index (Phi) is 2.11. The maximum Gasteiger partial charge on any atom is 0.0852 e. The average molecular weight is 157 g/mol. The Bertz CT molecular complexity index is 140. The molecule has 0 spiro atoms. The minimum absolute atomic E-state index is 0.285. The molecule has 3 atom stereocenters. The normalized spacial score (nSPS) is 45.0. The summed E-state index contributed by atoms with van der Waals surface area (Å²) < 4.78 is 11.1. The van der Waals surface area contributed by atoms with Crippen LogP contribution in [0.2, 0.25) is 0 Å². The molecule has 0 radical (unpaired) electrons. The fourth-order valence-corrected chi connectivity index (χ4v) is 1.90. The molecule has 1 saturated heterocycles. The second-order valence-corrected chi connectivity index (χ2v) is 3.39. The van der Waals surface area contributed by atoms with E-state index in [-0.39, 0.29) is 6.10 Å². The van der Waals surface area contributed by atoms with Gasteiger partial charge in [0.15, 0.2) is 0 Å². The number of hydrogen-bond donors (Lipinski definition) is 1. The number of fused-ring (bicyclic) bond motifs is 1. The summed E-state index contributed by atoms with van der Waals surface area (Å²) in [6.45, 7) is 1.50. The Hall–Kier alpha value is -0.120. The zero-order valence-electron chi connectivity index (χ0n) is 6.66. The molecule has 0 amide bonds. The molecule has 3 nitrogen and oxygen atoms in total. The van der Waals surface area contributed by atoms with E-state index in [0.717, 1.165) is 32.5 Å². The third-order valence-corrected chi connectivity index (χ3v) is 2.52. The summed E-state index contributed by atoms with van der Waals surface area (Å²) in [5.41, 5.74) is 5.81. The average Bonchev–Trinajstić information content (AvgIpc) is 2.04. The van der Waals surface area contributed by atoms with Crippen molar-refractivity contribution >= 4 is 0 Å². The summed E-state index contributed by atoms with van der Waals surface area (Å²) >= 11 is 0. The van der Waals surface area contributed by atoms with Crippen molar-refractivity contribution in [3.05, 3.63) is 0 Å². The third-order valence-electron chi connectivity index (χ3n) is 2.52. The van der Waals surface area contributed by atoms with E-state index in [1.165, 1.54) is 0 Å². The van der Waals surface area contributed by atoms with Gasteiger partial charge in [-0.25, -0.2) is 0 Å². The molecule has 1 aliphatic carbocycles. The molecule has 0 aromatic heterocycles. The number of hydrogen-bond acceptors (Lipinski definition) is 3. The monoisotopic (exact) mass is 157 g/mol. The third kappa shape index (κ3) is 1.55. The Labute approximate surface area is 66.8 Å². The second kappa shape index (κ2) is 3.09. The lowest BCUT2D eigenvalue weighted by Gasteiger charge is -2.37. The van der Waals surface area contributed by atoms with Crippen LogP contribution in [0.15, 0.2) is 0 Å². The first-order valence-electron chi connectivity index (χ1n) is 4.35. The maximum absolute atomic E-state index is 5.81. The summed E-state index contributed by atoms with van der Waals surface area (Å²) in [5, 5.41) is 0. The molecule has 0 aromatic rings. The molecule has 1 aliphatic heterocycles. The molecule has 3 heteroatoms. The smallest absolute Gasteiger partial charge is 0.0852 e. The van der Waals surface area contributed by atoms with Crippen molar-refractivity contribution in [1.82, 2.24) is 0 Å². The van der Waals surface area contributed by atoms with Gasteiger partial charge in [0.05, 0.1) is 25.4 Å². The molecule has 0 bridgehead atoms. The molecule has 1 heterocycles. The van der Waals surface area contributed by atoms with Crippen molar-refractivity contribution in [2.75, 3.05) is 13.2 Å². The predicted molar refractivity (Wildman–Crippen MR) is 41.3 cm³/mol. The highest BCUT2D eigenvalue weighted by molar-refractivity contribution is 4.84. The van der Waals surface area contributed by atoms with E-state index < -0.39 is 0 Å². The first-order valence-corrected chi connectivity index (χ1v) is 4.35. The van der Waals surface area contributed by atoms with Crippen molar-refractivity contribution < 1.29 is 9.47 Å². The summed E-state index contributed by atoms with van der Waals surface area (Å²) in [6, 6.07) is 0.331. The van der Waals surface area contributed by atoms with E-state index in [1.54, 1.807) is 0 Å². The van der Waals surface area contributed by atoms with Crippen LogP contribution in [0.5, 0.6) is 0 Å². The minimum Gasteiger partial charge on any atom is -0.373 e. The van der Waals surface area contributed by atoms with Gasteiger partial charge in [0, 0.05) is 6.04 Å². The van der Waals surface area contributed by atoms with E-state index in [2.05, 4.69) is 0 Å². The summed E-state index contributed by atoms with van der Waals surface area (Å²) in [6.07, 6.45) is 3.76. The van der Waals surface area contributed by atoms with E-state index in [4.69, 9.17) is 15.2 Å². The molecule has 11 heavy (non-hydrogen) atoms. The van der Waals surface area contributed by atoms with Crippen LogP contribution in [0.3, 0.4) is 0 Å².